The lowest BCUT2D eigenvalue weighted by molar-refractivity contribution is -0.113. The Hall–Kier alpha value is -4.29. The van der Waals surface area contributed by atoms with Gasteiger partial charge in [0.15, 0.2) is 5.78 Å². The first-order valence-corrected chi connectivity index (χ1v) is 13.4. The molecule has 0 saturated heterocycles. The van der Waals surface area contributed by atoms with Gasteiger partial charge in [-0.2, -0.15) is 5.10 Å². The summed E-state index contributed by atoms with van der Waals surface area (Å²) in [4.78, 5) is 25.9. The van der Waals surface area contributed by atoms with Crippen LogP contribution in [0.1, 0.15) is 38.2 Å². The third-order valence-electron chi connectivity index (χ3n) is 6.58. The van der Waals surface area contributed by atoms with Crippen LogP contribution in [0, 0.1) is 6.92 Å². The molecule has 0 aliphatic heterocycles. The zero-order chi connectivity index (χ0) is 26.5. The molecule has 0 spiro atoms. The summed E-state index contributed by atoms with van der Waals surface area (Å²) in [7, 11) is 0. The summed E-state index contributed by atoms with van der Waals surface area (Å²) < 4.78 is 1.87. The molecule has 5 nitrogen and oxygen atoms in total. The number of benzene rings is 4. The number of amides is 1. The van der Waals surface area contributed by atoms with E-state index in [1.807, 2.05) is 72.3 Å². The van der Waals surface area contributed by atoms with Gasteiger partial charge in [0.25, 0.3) is 0 Å². The minimum absolute atomic E-state index is 0.139. The molecule has 6 heteroatoms. The summed E-state index contributed by atoms with van der Waals surface area (Å²) in [6.45, 7) is 1.92. The second-order valence-corrected chi connectivity index (χ2v) is 9.60. The quantitative estimate of drug-likeness (QED) is 0.131. The molecule has 0 atom stereocenters. The van der Waals surface area contributed by atoms with Crippen LogP contribution in [0.25, 0.3) is 0 Å². The van der Waals surface area contributed by atoms with Gasteiger partial charge in [-0.3, -0.25) is 14.3 Å². The number of aryl methyl sites for hydroxylation is 1. The van der Waals surface area contributed by atoms with E-state index < -0.39 is 5.54 Å². The van der Waals surface area contributed by atoms with Crippen LogP contribution in [-0.2, 0) is 10.3 Å². The largest absolute Gasteiger partial charge is 0.325 e. The van der Waals surface area contributed by atoms with Gasteiger partial charge in [-0.05, 0) is 35.7 Å². The van der Waals surface area contributed by atoms with Crippen LogP contribution >= 0.6 is 15.9 Å². The zero-order valence-corrected chi connectivity index (χ0v) is 22.4. The SMILES string of the molecule is Cc1ccc(NC(=O)CBr)c(C(=O)c2cnn(C(c3ccccc3)(c3ccccc3)c3ccccc3)c2)c1. The number of alkyl halides is 1. The number of aromatic nitrogens is 2. The predicted molar refractivity (Wildman–Crippen MR) is 154 cm³/mol. The molecule has 38 heavy (non-hydrogen) atoms. The van der Waals surface area contributed by atoms with Gasteiger partial charge in [0.05, 0.1) is 22.8 Å². The van der Waals surface area contributed by atoms with E-state index in [0.29, 0.717) is 16.8 Å². The lowest BCUT2D eigenvalue weighted by Gasteiger charge is -2.36. The smallest absolute Gasteiger partial charge is 0.235 e. The fourth-order valence-corrected chi connectivity index (χ4v) is 4.99. The first kappa shape index (κ1) is 25.4. The molecule has 0 bridgehead atoms. The second kappa shape index (κ2) is 11.0. The maximum atomic E-state index is 13.8. The fourth-order valence-electron chi connectivity index (χ4n) is 4.85. The number of nitrogens with zero attached hydrogens (tertiary/aromatic N) is 2. The van der Waals surface area contributed by atoms with E-state index in [1.54, 1.807) is 24.5 Å². The Balaban J connectivity index is 1.70. The number of nitrogens with one attached hydrogen (secondary N) is 1. The normalized spacial score (nSPS) is 11.2. The van der Waals surface area contributed by atoms with Gasteiger partial charge in [-0.25, -0.2) is 0 Å². The van der Waals surface area contributed by atoms with Gasteiger partial charge in [-0.15, -0.1) is 0 Å². The molecule has 1 aromatic heterocycles. The predicted octanol–water partition coefficient (Wildman–Crippen LogP) is 6.60. The van der Waals surface area contributed by atoms with Crippen molar-refractivity contribution in [3.63, 3.8) is 0 Å². The van der Waals surface area contributed by atoms with Crippen molar-refractivity contribution in [1.29, 1.82) is 0 Å². The molecule has 0 aliphatic rings. The highest BCUT2D eigenvalue weighted by molar-refractivity contribution is 9.09. The van der Waals surface area contributed by atoms with Crippen molar-refractivity contribution < 1.29 is 9.59 Å². The molecule has 1 amide bonds. The highest BCUT2D eigenvalue weighted by Crippen LogP contribution is 2.40. The van der Waals surface area contributed by atoms with Crippen LogP contribution in [-0.4, -0.2) is 26.8 Å². The summed E-state index contributed by atoms with van der Waals surface area (Å²) in [5.41, 5.74) is 4.46. The van der Waals surface area contributed by atoms with Crippen LogP contribution in [0.5, 0.6) is 0 Å². The van der Waals surface area contributed by atoms with Crippen LogP contribution in [0.3, 0.4) is 0 Å². The van der Waals surface area contributed by atoms with Gasteiger partial charge in [-0.1, -0.05) is 119 Å². The molecule has 5 aromatic rings. The second-order valence-electron chi connectivity index (χ2n) is 9.04. The molecule has 0 fully saturated rings. The summed E-state index contributed by atoms with van der Waals surface area (Å²) in [6, 6.07) is 35.9. The van der Waals surface area contributed by atoms with E-state index in [9.17, 15) is 9.59 Å². The maximum Gasteiger partial charge on any atom is 0.235 e. The molecular formula is C32H26BrN3O2. The molecule has 5 rings (SSSR count). The Kier molecular flexibility index (Phi) is 7.33. The van der Waals surface area contributed by atoms with Crippen LogP contribution in [0.4, 0.5) is 5.69 Å². The van der Waals surface area contributed by atoms with E-state index in [0.717, 1.165) is 22.3 Å². The minimum atomic E-state index is -0.818. The number of ketones is 1. The Morgan fingerprint density at radius 3 is 1.84 bits per heavy atom. The van der Waals surface area contributed by atoms with E-state index in [2.05, 4.69) is 57.6 Å². The summed E-state index contributed by atoms with van der Waals surface area (Å²) in [6.07, 6.45) is 3.40. The number of carbonyl (C=O) groups excluding carboxylic acids is 2. The minimum Gasteiger partial charge on any atom is -0.325 e. The molecule has 1 heterocycles. The number of anilines is 1. The van der Waals surface area contributed by atoms with Crippen molar-refractivity contribution in [2.45, 2.75) is 12.5 Å². The average molecular weight is 564 g/mol. The van der Waals surface area contributed by atoms with Gasteiger partial charge in [0, 0.05) is 11.8 Å². The maximum absolute atomic E-state index is 13.8. The third kappa shape index (κ3) is 4.71. The van der Waals surface area contributed by atoms with Crippen molar-refractivity contribution in [3.05, 3.63) is 155 Å². The Morgan fingerprint density at radius 2 is 1.34 bits per heavy atom. The Labute approximate surface area is 230 Å². The van der Waals surface area contributed by atoms with Crippen LogP contribution in [0.2, 0.25) is 0 Å². The van der Waals surface area contributed by atoms with E-state index in [4.69, 9.17) is 5.10 Å². The molecule has 0 radical (unpaired) electrons. The Morgan fingerprint density at radius 1 is 0.816 bits per heavy atom. The molecular weight excluding hydrogens is 538 g/mol. The van der Waals surface area contributed by atoms with E-state index in [-0.39, 0.29) is 17.0 Å². The van der Waals surface area contributed by atoms with Crippen molar-refractivity contribution in [2.24, 2.45) is 0 Å². The molecule has 0 saturated carbocycles. The standard InChI is InChI=1S/C32H26BrN3O2/c1-23-17-18-29(35-30(37)20-33)28(19-23)31(38)24-21-34-36(22-24)32(25-11-5-2-6-12-25,26-13-7-3-8-14-26)27-15-9-4-10-16-27/h2-19,21-22H,20H2,1H3,(H,35,37). The molecule has 0 unspecified atom stereocenters. The number of hydrogen-bond donors (Lipinski definition) is 1. The summed E-state index contributed by atoms with van der Waals surface area (Å²) >= 11 is 3.17. The number of hydrogen-bond acceptors (Lipinski definition) is 3. The van der Waals surface area contributed by atoms with Crippen LogP contribution < -0.4 is 5.32 Å². The summed E-state index contributed by atoms with van der Waals surface area (Å²) in [5, 5.41) is 7.75. The van der Waals surface area contributed by atoms with Crippen molar-refractivity contribution in [2.75, 3.05) is 10.6 Å². The van der Waals surface area contributed by atoms with E-state index in [1.165, 1.54) is 0 Å². The Bertz CT molecular complexity index is 1470. The molecule has 188 valence electrons. The monoisotopic (exact) mass is 563 g/mol. The highest BCUT2D eigenvalue weighted by Gasteiger charge is 2.39. The van der Waals surface area contributed by atoms with Gasteiger partial charge in [0.2, 0.25) is 5.91 Å². The van der Waals surface area contributed by atoms with Crippen molar-refractivity contribution in [1.82, 2.24) is 9.78 Å². The van der Waals surface area contributed by atoms with Gasteiger partial charge < -0.3 is 5.32 Å². The first-order valence-electron chi connectivity index (χ1n) is 12.3. The molecule has 1 N–H and O–H groups in total. The number of halogens is 1. The molecule has 0 aliphatic carbocycles. The first-order chi connectivity index (χ1) is 18.5. The number of carbonyl (C=O) groups is 2. The van der Waals surface area contributed by atoms with Crippen LogP contribution in [0.15, 0.2) is 122 Å². The van der Waals surface area contributed by atoms with E-state index >= 15 is 0 Å². The average Bonchev–Trinajstić information content (AvgIpc) is 3.46. The topological polar surface area (TPSA) is 64.0 Å². The van der Waals surface area contributed by atoms with Crippen molar-refractivity contribution in [3.8, 4) is 0 Å². The fraction of sp³-hybridized carbons (Fsp3) is 0.0938. The zero-order valence-electron chi connectivity index (χ0n) is 20.8. The third-order valence-corrected chi connectivity index (χ3v) is 7.09. The lowest BCUT2D eigenvalue weighted by Crippen LogP contribution is -2.38. The van der Waals surface area contributed by atoms with Crippen molar-refractivity contribution >= 4 is 33.3 Å². The van der Waals surface area contributed by atoms with Gasteiger partial charge >= 0.3 is 0 Å². The number of rotatable bonds is 8. The summed E-state index contributed by atoms with van der Waals surface area (Å²) in [5.74, 6) is -0.442. The molecule has 4 aromatic carbocycles. The lowest BCUT2D eigenvalue weighted by atomic mass is 9.77. The van der Waals surface area contributed by atoms with Gasteiger partial charge in [0.1, 0.15) is 5.54 Å². The highest BCUT2D eigenvalue weighted by atomic mass is 79.9.